The first kappa shape index (κ1) is 23.3. The second kappa shape index (κ2) is 9.42. The summed E-state index contributed by atoms with van der Waals surface area (Å²) >= 11 is 0. The van der Waals surface area contributed by atoms with Crippen LogP contribution in [0.25, 0.3) is 11.1 Å². The van der Waals surface area contributed by atoms with E-state index in [0.29, 0.717) is 34.6 Å². The number of alkyl halides is 3. The predicted molar refractivity (Wildman–Crippen MR) is 113 cm³/mol. The van der Waals surface area contributed by atoms with Crippen molar-refractivity contribution in [1.29, 1.82) is 0 Å². The quantitative estimate of drug-likeness (QED) is 0.382. The van der Waals surface area contributed by atoms with Crippen LogP contribution in [0.3, 0.4) is 0 Å². The topological polar surface area (TPSA) is 46.5 Å². The van der Waals surface area contributed by atoms with Crippen molar-refractivity contribution in [3.05, 3.63) is 83.7 Å². The summed E-state index contributed by atoms with van der Waals surface area (Å²) in [6.07, 6.45) is -4.08. The van der Waals surface area contributed by atoms with E-state index in [4.69, 9.17) is 4.74 Å². The van der Waals surface area contributed by atoms with Gasteiger partial charge in [-0.25, -0.2) is 4.39 Å². The summed E-state index contributed by atoms with van der Waals surface area (Å²) in [6.45, 7) is 3.82. The molecule has 0 saturated carbocycles. The summed E-state index contributed by atoms with van der Waals surface area (Å²) in [5.74, 6) is -1.50. The van der Waals surface area contributed by atoms with Gasteiger partial charge < -0.3 is 9.84 Å². The van der Waals surface area contributed by atoms with Crippen LogP contribution in [0.2, 0.25) is 0 Å². The summed E-state index contributed by atoms with van der Waals surface area (Å²) in [7, 11) is 0. The lowest BCUT2D eigenvalue weighted by Gasteiger charge is -2.18. The molecule has 0 aliphatic heterocycles. The highest BCUT2D eigenvalue weighted by Crippen LogP contribution is 2.36. The molecule has 0 fully saturated rings. The van der Waals surface area contributed by atoms with Gasteiger partial charge in [-0.2, -0.15) is 13.2 Å². The zero-order valence-corrected chi connectivity index (χ0v) is 17.5. The molecule has 1 atom stereocenters. The summed E-state index contributed by atoms with van der Waals surface area (Å²) in [5, 5.41) is 9.77. The van der Waals surface area contributed by atoms with Crippen LogP contribution < -0.4 is 4.74 Å². The van der Waals surface area contributed by atoms with Gasteiger partial charge in [-0.05, 0) is 77.6 Å². The molecule has 1 unspecified atom stereocenters. The number of benzene rings is 3. The van der Waals surface area contributed by atoms with Gasteiger partial charge in [0.25, 0.3) is 0 Å². The lowest BCUT2D eigenvalue weighted by Crippen LogP contribution is -2.14. The predicted octanol–water partition coefficient (Wildman–Crippen LogP) is 7.52. The maximum Gasteiger partial charge on any atom is 0.416 e. The zero-order chi connectivity index (χ0) is 23.5. The molecule has 1 N–H and O–H groups in total. The third-order valence-electron chi connectivity index (χ3n) is 4.93. The summed E-state index contributed by atoms with van der Waals surface area (Å²) in [5.41, 5.74) is 0.699. The average Bonchev–Trinajstić information content (AvgIpc) is 2.72. The fourth-order valence-corrected chi connectivity index (χ4v) is 3.39. The van der Waals surface area contributed by atoms with Gasteiger partial charge in [0.2, 0.25) is 0 Å². The van der Waals surface area contributed by atoms with Crippen molar-refractivity contribution in [1.82, 2.24) is 0 Å². The van der Waals surface area contributed by atoms with Crippen LogP contribution in [0.15, 0.2) is 66.7 Å². The Balaban J connectivity index is 2.06. The molecule has 0 aliphatic carbocycles. The number of aliphatic carboxylic acids is 1. The highest BCUT2D eigenvalue weighted by molar-refractivity contribution is 5.78. The molecule has 0 spiro atoms. The molecular formula is C25H22F4O3. The van der Waals surface area contributed by atoms with Crippen molar-refractivity contribution in [2.45, 2.75) is 32.4 Å². The molecular weight excluding hydrogens is 424 g/mol. The average molecular weight is 446 g/mol. The van der Waals surface area contributed by atoms with E-state index in [2.05, 4.69) is 0 Å². The first-order valence-electron chi connectivity index (χ1n) is 10.0. The minimum atomic E-state index is -4.46. The Hall–Kier alpha value is -3.35. The first-order chi connectivity index (χ1) is 15.0. The number of hydrogen-bond acceptors (Lipinski definition) is 2. The molecule has 0 amide bonds. The van der Waals surface area contributed by atoms with Crippen LogP contribution in [-0.2, 0) is 11.0 Å². The van der Waals surface area contributed by atoms with E-state index in [1.807, 2.05) is 13.8 Å². The number of carboxylic acid groups (broad SMARTS) is 1. The maximum atomic E-state index is 13.2. The van der Waals surface area contributed by atoms with Gasteiger partial charge in [0, 0.05) is 0 Å². The van der Waals surface area contributed by atoms with Crippen LogP contribution in [0.4, 0.5) is 17.6 Å². The molecule has 3 aromatic rings. The molecule has 0 radical (unpaired) electrons. The van der Waals surface area contributed by atoms with Crippen LogP contribution >= 0.6 is 0 Å². The Kier molecular flexibility index (Phi) is 6.87. The van der Waals surface area contributed by atoms with Gasteiger partial charge in [0.05, 0.1) is 11.5 Å². The molecule has 0 heterocycles. The first-order valence-corrected chi connectivity index (χ1v) is 10.0. The number of hydrogen-bond donors (Lipinski definition) is 1. The largest absolute Gasteiger partial charge is 0.481 e. The summed E-state index contributed by atoms with van der Waals surface area (Å²) in [4.78, 5) is 11.9. The Morgan fingerprint density at radius 2 is 1.53 bits per heavy atom. The maximum absolute atomic E-state index is 13.2. The lowest BCUT2D eigenvalue weighted by atomic mass is 9.88. The van der Waals surface area contributed by atoms with E-state index in [1.165, 1.54) is 36.4 Å². The van der Waals surface area contributed by atoms with E-state index in [0.717, 1.165) is 12.1 Å². The standard InChI is InChI=1S/C25H22F4O3/c1-15(2)11-23(24(30)31)18-12-17(16-3-5-19(6-4-16)25(27,28)29)13-22(14-18)32-21-9-7-20(26)8-10-21/h3-10,12-15,23H,11H2,1-2H3,(H,30,31). The minimum Gasteiger partial charge on any atom is -0.481 e. The van der Waals surface area contributed by atoms with Crippen LogP contribution in [0.5, 0.6) is 11.5 Å². The van der Waals surface area contributed by atoms with E-state index in [9.17, 15) is 27.5 Å². The third-order valence-corrected chi connectivity index (χ3v) is 4.93. The van der Waals surface area contributed by atoms with Crippen molar-refractivity contribution in [2.24, 2.45) is 5.92 Å². The van der Waals surface area contributed by atoms with Crippen molar-refractivity contribution < 1.29 is 32.2 Å². The smallest absolute Gasteiger partial charge is 0.416 e. The molecule has 7 heteroatoms. The SMILES string of the molecule is CC(C)CC(C(=O)O)c1cc(Oc2ccc(F)cc2)cc(-c2ccc(C(F)(F)F)cc2)c1. The molecule has 32 heavy (non-hydrogen) atoms. The Bertz CT molecular complexity index is 1070. The molecule has 3 nitrogen and oxygen atoms in total. The monoisotopic (exact) mass is 446 g/mol. The molecule has 0 saturated heterocycles. The lowest BCUT2D eigenvalue weighted by molar-refractivity contribution is -0.139. The Morgan fingerprint density at radius 3 is 2.06 bits per heavy atom. The number of rotatable bonds is 7. The van der Waals surface area contributed by atoms with Gasteiger partial charge >= 0.3 is 12.1 Å². The number of ether oxygens (including phenoxy) is 1. The fraction of sp³-hybridized carbons (Fsp3) is 0.240. The van der Waals surface area contributed by atoms with Crippen LogP contribution in [0.1, 0.15) is 37.3 Å². The Labute approximate surface area is 183 Å². The van der Waals surface area contributed by atoms with Gasteiger partial charge in [-0.1, -0.05) is 32.0 Å². The summed E-state index contributed by atoms with van der Waals surface area (Å²) in [6, 6.07) is 14.8. The molecule has 3 aromatic carbocycles. The molecule has 3 rings (SSSR count). The van der Waals surface area contributed by atoms with Crippen LogP contribution in [0, 0.1) is 11.7 Å². The van der Waals surface area contributed by atoms with E-state index < -0.39 is 29.4 Å². The fourth-order valence-electron chi connectivity index (χ4n) is 3.39. The zero-order valence-electron chi connectivity index (χ0n) is 17.5. The number of halogens is 4. The minimum absolute atomic E-state index is 0.104. The van der Waals surface area contributed by atoms with Crippen molar-refractivity contribution in [3.8, 4) is 22.6 Å². The van der Waals surface area contributed by atoms with Crippen molar-refractivity contribution in [2.75, 3.05) is 0 Å². The van der Waals surface area contributed by atoms with Crippen molar-refractivity contribution >= 4 is 5.97 Å². The molecule has 0 aromatic heterocycles. The summed E-state index contributed by atoms with van der Waals surface area (Å²) < 4.78 is 57.8. The number of carbonyl (C=O) groups is 1. The second-order valence-electron chi connectivity index (χ2n) is 7.94. The third kappa shape index (κ3) is 5.87. The second-order valence-corrected chi connectivity index (χ2v) is 7.94. The van der Waals surface area contributed by atoms with E-state index in [-0.39, 0.29) is 5.92 Å². The van der Waals surface area contributed by atoms with Crippen LogP contribution in [-0.4, -0.2) is 11.1 Å². The van der Waals surface area contributed by atoms with E-state index >= 15 is 0 Å². The van der Waals surface area contributed by atoms with Crippen molar-refractivity contribution in [3.63, 3.8) is 0 Å². The molecule has 168 valence electrons. The van der Waals surface area contributed by atoms with Gasteiger partial charge in [-0.15, -0.1) is 0 Å². The normalized spacial score (nSPS) is 12.6. The molecule has 0 aliphatic rings. The highest BCUT2D eigenvalue weighted by atomic mass is 19.4. The van der Waals surface area contributed by atoms with Gasteiger partial charge in [0.15, 0.2) is 0 Å². The van der Waals surface area contributed by atoms with Gasteiger partial charge in [-0.3, -0.25) is 4.79 Å². The van der Waals surface area contributed by atoms with E-state index in [1.54, 1.807) is 18.2 Å². The molecule has 0 bridgehead atoms. The van der Waals surface area contributed by atoms with Gasteiger partial charge in [0.1, 0.15) is 17.3 Å². The highest BCUT2D eigenvalue weighted by Gasteiger charge is 2.30. The Morgan fingerprint density at radius 1 is 0.906 bits per heavy atom. The number of carboxylic acids is 1.